The van der Waals surface area contributed by atoms with Crippen molar-refractivity contribution in [3.8, 4) is 5.69 Å². The van der Waals surface area contributed by atoms with Crippen LogP contribution in [0.2, 0.25) is 0 Å². The average Bonchev–Trinajstić information content (AvgIpc) is 2.94. The molecular weight excluding hydrogens is 376 g/mol. The van der Waals surface area contributed by atoms with E-state index in [1.165, 1.54) is 11.3 Å². The number of rotatable bonds is 3. The number of benzene rings is 1. The van der Waals surface area contributed by atoms with Gasteiger partial charge in [-0.3, -0.25) is 4.90 Å². The van der Waals surface area contributed by atoms with Crippen molar-refractivity contribution in [1.29, 1.82) is 0 Å². The van der Waals surface area contributed by atoms with E-state index in [0.717, 1.165) is 35.5 Å². The molecule has 23 heavy (non-hydrogen) atoms. The first-order chi connectivity index (χ1) is 10.5. The van der Waals surface area contributed by atoms with E-state index in [-0.39, 0.29) is 12.4 Å². The third-order valence-corrected chi connectivity index (χ3v) is 5.17. The van der Waals surface area contributed by atoms with Gasteiger partial charge in [-0.05, 0) is 44.0 Å². The molecule has 0 bridgehead atoms. The van der Waals surface area contributed by atoms with Crippen molar-refractivity contribution in [3.63, 3.8) is 0 Å². The monoisotopic (exact) mass is 398 g/mol. The predicted molar refractivity (Wildman–Crippen MR) is 100 cm³/mol. The Balaban J connectivity index is 0.00000192. The normalized spacial score (nSPS) is 21.4. The first-order valence-corrected chi connectivity index (χ1v) is 8.54. The summed E-state index contributed by atoms with van der Waals surface area (Å²) in [5.41, 5.74) is 10.9. The lowest BCUT2D eigenvalue weighted by atomic mass is 10.1. The topological polar surface area (TPSA) is 47.1 Å². The molecule has 0 spiro atoms. The van der Waals surface area contributed by atoms with E-state index in [1.807, 2.05) is 16.8 Å². The molecule has 1 aromatic carbocycles. The van der Waals surface area contributed by atoms with Gasteiger partial charge in [0.1, 0.15) is 0 Å². The van der Waals surface area contributed by atoms with E-state index in [0.29, 0.717) is 12.0 Å². The summed E-state index contributed by atoms with van der Waals surface area (Å²) in [7, 11) is 0. The van der Waals surface area contributed by atoms with Crippen molar-refractivity contribution in [2.45, 2.75) is 33.4 Å². The molecule has 0 aliphatic carbocycles. The molecule has 0 amide bonds. The second kappa shape index (κ2) is 7.34. The van der Waals surface area contributed by atoms with E-state index < -0.39 is 0 Å². The fourth-order valence-corrected chi connectivity index (χ4v) is 3.45. The third kappa shape index (κ3) is 3.79. The Hall–Kier alpha value is -0.880. The molecule has 0 saturated carbocycles. The Kier molecular flexibility index (Phi) is 5.89. The van der Waals surface area contributed by atoms with Crippen LogP contribution in [0, 0.1) is 19.8 Å². The molecule has 0 radical (unpaired) electrons. The molecule has 1 aliphatic rings. The molecule has 1 fully saturated rings. The van der Waals surface area contributed by atoms with Gasteiger partial charge in [-0.1, -0.05) is 22.9 Å². The summed E-state index contributed by atoms with van der Waals surface area (Å²) in [6.07, 6.45) is 0. The van der Waals surface area contributed by atoms with E-state index >= 15 is 0 Å². The number of nitrogens with zero attached hydrogens (tertiary/aromatic N) is 3. The lowest BCUT2D eigenvalue weighted by Gasteiger charge is -2.15. The van der Waals surface area contributed by atoms with Gasteiger partial charge in [0, 0.05) is 41.4 Å². The van der Waals surface area contributed by atoms with Crippen LogP contribution in [0.5, 0.6) is 0 Å². The second-order valence-corrected chi connectivity index (χ2v) is 7.29. The first-order valence-electron chi connectivity index (χ1n) is 7.74. The SMILES string of the molecule is Cc1nn(-c2ccc(Br)cc2)c(C)c1CN1CC(C)C(N)C1.Cl. The minimum Gasteiger partial charge on any atom is -0.326 e. The zero-order valence-corrected chi connectivity index (χ0v) is 16.2. The second-order valence-electron chi connectivity index (χ2n) is 6.37. The molecule has 2 N–H and O–H groups in total. The average molecular weight is 400 g/mol. The zero-order valence-electron chi connectivity index (χ0n) is 13.8. The van der Waals surface area contributed by atoms with Crippen molar-refractivity contribution in [2.24, 2.45) is 11.7 Å². The van der Waals surface area contributed by atoms with Crippen LogP contribution in [-0.4, -0.2) is 33.8 Å². The lowest BCUT2D eigenvalue weighted by Crippen LogP contribution is -2.28. The molecule has 2 aromatic rings. The highest BCUT2D eigenvalue weighted by Crippen LogP contribution is 2.23. The number of aryl methyl sites for hydroxylation is 1. The molecule has 2 atom stereocenters. The van der Waals surface area contributed by atoms with Crippen LogP contribution in [0.3, 0.4) is 0 Å². The summed E-state index contributed by atoms with van der Waals surface area (Å²) in [6.45, 7) is 9.46. The van der Waals surface area contributed by atoms with Crippen molar-refractivity contribution in [2.75, 3.05) is 13.1 Å². The molecular formula is C17H24BrClN4. The minimum absolute atomic E-state index is 0. The summed E-state index contributed by atoms with van der Waals surface area (Å²) in [5, 5.41) is 4.73. The van der Waals surface area contributed by atoms with E-state index in [9.17, 15) is 0 Å². The van der Waals surface area contributed by atoms with Crippen LogP contribution in [0.25, 0.3) is 5.69 Å². The zero-order chi connectivity index (χ0) is 15.9. The fourth-order valence-electron chi connectivity index (χ4n) is 3.19. The summed E-state index contributed by atoms with van der Waals surface area (Å²) in [6, 6.07) is 8.56. The van der Waals surface area contributed by atoms with Gasteiger partial charge in [0.15, 0.2) is 0 Å². The van der Waals surface area contributed by atoms with Gasteiger partial charge in [-0.15, -0.1) is 12.4 Å². The van der Waals surface area contributed by atoms with Crippen LogP contribution >= 0.6 is 28.3 Å². The van der Waals surface area contributed by atoms with Gasteiger partial charge in [-0.25, -0.2) is 4.68 Å². The molecule has 2 unspecified atom stereocenters. The molecule has 4 nitrogen and oxygen atoms in total. The van der Waals surface area contributed by atoms with Crippen LogP contribution < -0.4 is 5.73 Å². The maximum absolute atomic E-state index is 6.14. The number of aromatic nitrogens is 2. The largest absolute Gasteiger partial charge is 0.326 e. The molecule has 1 aromatic heterocycles. The van der Waals surface area contributed by atoms with Gasteiger partial charge < -0.3 is 5.73 Å². The number of hydrogen-bond donors (Lipinski definition) is 1. The van der Waals surface area contributed by atoms with E-state index in [4.69, 9.17) is 10.8 Å². The van der Waals surface area contributed by atoms with Gasteiger partial charge >= 0.3 is 0 Å². The van der Waals surface area contributed by atoms with Crippen LogP contribution in [-0.2, 0) is 6.54 Å². The smallest absolute Gasteiger partial charge is 0.0649 e. The Labute approximate surface area is 152 Å². The quantitative estimate of drug-likeness (QED) is 0.860. The van der Waals surface area contributed by atoms with Crippen LogP contribution in [0.15, 0.2) is 28.7 Å². The minimum atomic E-state index is 0. The van der Waals surface area contributed by atoms with Crippen LogP contribution in [0.4, 0.5) is 0 Å². The van der Waals surface area contributed by atoms with Gasteiger partial charge in [0.25, 0.3) is 0 Å². The maximum atomic E-state index is 6.14. The number of nitrogens with two attached hydrogens (primary N) is 1. The van der Waals surface area contributed by atoms with Crippen molar-refractivity contribution >= 4 is 28.3 Å². The fraction of sp³-hybridized carbons (Fsp3) is 0.471. The Morgan fingerprint density at radius 1 is 1.22 bits per heavy atom. The Morgan fingerprint density at radius 3 is 2.43 bits per heavy atom. The maximum Gasteiger partial charge on any atom is 0.0649 e. The number of likely N-dealkylation sites (tertiary alicyclic amines) is 1. The first kappa shape index (κ1) is 18.5. The van der Waals surface area contributed by atoms with E-state index in [1.54, 1.807) is 0 Å². The summed E-state index contributed by atoms with van der Waals surface area (Å²) in [4.78, 5) is 2.44. The molecule has 1 aliphatic heterocycles. The van der Waals surface area contributed by atoms with Crippen LogP contribution in [0.1, 0.15) is 23.9 Å². The summed E-state index contributed by atoms with van der Waals surface area (Å²) < 4.78 is 3.12. The number of hydrogen-bond acceptors (Lipinski definition) is 3. The summed E-state index contributed by atoms with van der Waals surface area (Å²) in [5.74, 6) is 0.571. The molecule has 2 heterocycles. The third-order valence-electron chi connectivity index (χ3n) is 4.64. The van der Waals surface area contributed by atoms with Crippen molar-refractivity contribution in [3.05, 3.63) is 45.7 Å². The Bertz CT molecular complexity index is 658. The highest BCUT2D eigenvalue weighted by molar-refractivity contribution is 9.10. The molecule has 126 valence electrons. The number of halogens is 2. The van der Waals surface area contributed by atoms with E-state index in [2.05, 4.69) is 53.7 Å². The lowest BCUT2D eigenvalue weighted by molar-refractivity contribution is 0.317. The van der Waals surface area contributed by atoms with Gasteiger partial charge in [0.05, 0.1) is 11.4 Å². The Morgan fingerprint density at radius 2 is 1.87 bits per heavy atom. The highest BCUT2D eigenvalue weighted by atomic mass is 79.9. The molecule has 3 rings (SSSR count). The van der Waals surface area contributed by atoms with Gasteiger partial charge in [0.2, 0.25) is 0 Å². The van der Waals surface area contributed by atoms with Crippen molar-refractivity contribution < 1.29 is 0 Å². The standard InChI is InChI=1S/C17H23BrN4.ClH/c1-11-8-21(10-17(11)19)9-16-12(2)20-22(13(16)3)15-6-4-14(18)5-7-15;/h4-7,11,17H,8-10,19H2,1-3H3;1H. The highest BCUT2D eigenvalue weighted by Gasteiger charge is 2.27. The molecule has 6 heteroatoms. The predicted octanol–water partition coefficient (Wildman–Crippen LogP) is 3.45. The van der Waals surface area contributed by atoms with Crippen molar-refractivity contribution in [1.82, 2.24) is 14.7 Å². The molecule has 1 saturated heterocycles. The van der Waals surface area contributed by atoms with Gasteiger partial charge in [-0.2, -0.15) is 5.10 Å². The summed E-state index contributed by atoms with van der Waals surface area (Å²) >= 11 is 3.48.